The van der Waals surface area contributed by atoms with Crippen LogP contribution in [0.5, 0.6) is 5.75 Å². The van der Waals surface area contributed by atoms with Crippen LogP contribution in [0.25, 0.3) is 0 Å². The molecule has 0 aliphatic rings. The lowest BCUT2D eigenvalue weighted by atomic mass is 10.2. The Morgan fingerprint density at radius 3 is 2.39 bits per heavy atom. The maximum Gasteiger partial charge on any atom is 0.119 e. The van der Waals surface area contributed by atoms with Gasteiger partial charge >= 0.3 is 0 Å². The Labute approximate surface area is 138 Å². The van der Waals surface area contributed by atoms with Gasteiger partial charge in [0.25, 0.3) is 0 Å². The summed E-state index contributed by atoms with van der Waals surface area (Å²) in [4.78, 5) is 4.40. The molecule has 23 heavy (non-hydrogen) atoms. The van der Waals surface area contributed by atoms with Gasteiger partial charge in [-0.3, -0.25) is 4.99 Å². The number of nitriles is 1. The van der Waals surface area contributed by atoms with Crippen LogP contribution in [0.2, 0.25) is 0 Å². The van der Waals surface area contributed by atoms with Crippen LogP contribution in [0.1, 0.15) is 43.7 Å². The van der Waals surface area contributed by atoms with Crippen molar-refractivity contribution in [2.24, 2.45) is 4.99 Å². The molecule has 0 aromatic heterocycles. The molecule has 2 aromatic rings. The van der Waals surface area contributed by atoms with Crippen LogP contribution in [0.4, 0.5) is 5.69 Å². The highest BCUT2D eigenvalue weighted by Crippen LogP contribution is 2.15. The van der Waals surface area contributed by atoms with Crippen molar-refractivity contribution < 1.29 is 4.74 Å². The molecule has 0 N–H and O–H groups in total. The Bertz CT molecular complexity index is 652. The molecule has 0 amide bonds. The fraction of sp³-hybridized carbons (Fsp3) is 0.300. The summed E-state index contributed by atoms with van der Waals surface area (Å²) in [5.41, 5.74) is 2.50. The molecule has 2 aromatic carbocycles. The molecule has 3 heteroatoms. The number of unbranched alkanes of at least 4 members (excludes halogenated alkanes) is 3. The third kappa shape index (κ3) is 5.96. The number of aliphatic imine (C=N–C) groups is 1. The van der Waals surface area contributed by atoms with Crippen molar-refractivity contribution >= 4 is 11.9 Å². The van der Waals surface area contributed by atoms with Crippen LogP contribution in [0.15, 0.2) is 53.5 Å². The summed E-state index contributed by atoms with van der Waals surface area (Å²) >= 11 is 0. The standard InChI is InChI=1S/C20H22N2O/c1-2-3-4-5-14-23-20-12-8-18(9-13-20)16-22-19-10-6-17(15-21)7-11-19/h6-13,16H,2-5,14H2,1H3/b22-16+. The average molecular weight is 306 g/mol. The van der Waals surface area contributed by atoms with Gasteiger partial charge in [0.05, 0.1) is 23.9 Å². The lowest BCUT2D eigenvalue weighted by Crippen LogP contribution is -1.97. The highest BCUT2D eigenvalue weighted by Gasteiger charge is 1.95. The van der Waals surface area contributed by atoms with Gasteiger partial charge in [0, 0.05) is 6.21 Å². The monoisotopic (exact) mass is 306 g/mol. The van der Waals surface area contributed by atoms with Gasteiger partial charge in [-0.1, -0.05) is 26.2 Å². The molecule has 0 atom stereocenters. The molecule has 0 saturated heterocycles. The van der Waals surface area contributed by atoms with Gasteiger partial charge in [0.15, 0.2) is 0 Å². The number of hydrogen-bond acceptors (Lipinski definition) is 3. The zero-order valence-electron chi connectivity index (χ0n) is 13.5. The highest BCUT2D eigenvalue weighted by molar-refractivity contribution is 5.82. The van der Waals surface area contributed by atoms with Gasteiger partial charge in [-0.05, 0) is 60.5 Å². The first-order valence-corrected chi connectivity index (χ1v) is 8.09. The van der Waals surface area contributed by atoms with Gasteiger partial charge in [-0.15, -0.1) is 0 Å². The van der Waals surface area contributed by atoms with Crippen molar-refractivity contribution in [1.29, 1.82) is 5.26 Å². The molecule has 3 nitrogen and oxygen atoms in total. The second kappa shape index (κ2) is 9.42. The summed E-state index contributed by atoms with van der Waals surface area (Å²) in [6.07, 6.45) is 6.66. The third-order valence-electron chi connectivity index (χ3n) is 3.51. The van der Waals surface area contributed by atoms with Crippen LogP contribution >= 0.6 is 0 Å². The van der Waals surface area contributed by atoms with Gasteiger partial charge in [0.2, 0.25) is 0 Å². The fourth-order valence-electron chi connectivity index (χ4n) is 2.14. The maximum absolute atomic E-state index is 8.77. The Hall–Kier alpha value is -2.60. The van der Waals surface area contributed by atoms with Crippen molar-refractivity contribution in [2.75, 3.05) is 6.61 Å². The molecule has 0 aliphatic heterocycles. The molecule has 0 spiro atoms. The molecule has 0 aliphatic carbocycles. The first-order chi connectivity index (χ1) is 11.3. The minimum absolute atomic E-state index is 0.643. The lowest BCUT2D eigenvalue weighted by molar-refractivity contribution is 0.305. The molecular formula is C20H22N2O. The van der Waals surface area contributed by atoms with E-state index in [1.165, 1.54) is 19.3 Å². The van der Waals surface area contributed by atoms with E-state index in [4.69, 9.17) is 10.00 Å². The molecular weight excluding hydrogens is 284 g/mol. The highest BCUT2D eigenvalue weighted by atomic mass is 16.5. The summed E-state index contributed by atoms with van der Waals surface area (Å²) in [6.45, 7) is 2.98. The Morgan fingerprint density at radius 2 is 1.74 bits per heavy atom. The second-order valence-electron chi connectivity index (χ2n) is 5.40. The van der Waals surface area contributed by atoms with Crippen molar-refractivity contribution in [2.45, 2.75) is 32.6 Å². The molecule has 0 saturated carbocycles. The van der Waals surface area contributed by atoms with E-state index in [1.807, 2.05) is 42.6 Å². The van der Waals surface area contributed by atoms with Crippen LogP contribution in [0, 0.1) is 11.3 Å². The first-order valence-electron chi connectivity index (χ1n) is 8.09. The molecule has 0 radical (unpaired) electrons. The van der Waals surface area contributed by atoms with Crippen LogP contribution in [0.3, 0.4) is 0 Å². The van der Waals surface area contributed by atoms with Gasteiger partial charge in [0.1, 0.15) is 5.75 Å². The van der Waals surface area contributed by atoms with E-state index in [0.717, 1.165) is 30.0 Å². The van der Waals surface area contributed by atoms with Gasteiger partial charge in [-0.2, -0.15) is 5.26 Å². The topological polar surface area (TPSA) is 45.4 Å². The first kappa shape index (κ1) is 16.8. The van der Waals surface area contributed by atoms with Crippen molar-refractivity contribution in [3.63, 3.8) is 0 Å². The molecule has 0 heterocycles. The molecule has 0 fully saturated rings. The van der Waals surface area contributed by atoms with E-state index < -0.39 is 0 Å². The maximum atomic E-state index is 8.77. The van der Waals surface area contributed by atoms with Crippen LogP contribution in [-0.4, -0.2) is 12.8 Å². The van der Waals surface area contributed by atoms with E-state index in [0.29, 0.717) is 5.56 Å². The van der Waals surface area contributed by atoms with E-state index >= 15 is 0 Å². The number of benzene rings is 2. The Balaban J connectivity index is 1.84. The third-order valence-corrected chi connectivity index (χ3v) is 3.51. The average Bonchev–Trinajstić information content (AvgIpc) is 2.61. The second-order valence-corrected chi connectivity index (χ2v) is 5.40. The predicted octanol–water partition coefficient (Wildman–Crippen LogP) is 5.27. The molecule has 0 unspecified atom stereocenters. The number of rotatable bonds is 8. The normalized spacial score (nSPS) is 10.6. The van der Waals surface area contributed by atoms with E-state index in [9.17, 15) is 0 Å². The fourth-order valence-corrected chi connectivity index (χ4v) is 2.14. The van der Waals surface area contributed by atoms with Crippen molar-refractivity contribution in [1.82, 2.24) is 0 Å². The largest absolute Gasteiger partial charge is 0.494 e. The summed E-state index contributed by atoms with van der Waals surface area (Å²) < 4.78 is 5.72. The molecule has 0 bridgehead atoms. The minimum atomic E-state index is 0.643. The summed E-state index contributed by atoms with van der Waals surface area (Å²) in [5, 5.41) is 8.77. The van der Waals surface area contributed by atoms with E-state index in [1.54, 1.807) is 12.1 Å². The van der Waals surface area contributed by atoms with Crippen LogP contribution in [-0.2, 0) is 0 Å². The van der Waals surface area contributed by atoms with Gasteiger partial charge < -0.3 is 4.74 Å². The smallest absolute Gasteiger partial charge is 0.119 e. The zero-order valence-corrected chi connectivity index (χ0v) is 13.5. The molecule has 2 rings (SSSR count). The number of hydrogen-bond donors (Lipinski definition) is 0. The van der Waals surface area contributed by atoms with E-state index in [-0.39, 0.29) is 0 Å². The molecule has 118 valence electrons. The van der Waals surface area contributed by atoms with Gasteiger partial charge in [-0.25, -0.2) is 0 Å². The van der Waals surface area contributed by atoms with Crippen LogP contribution < -0.4 is 4.74 Å². The quantitative estimate of drug-likeness (QED) is 0.493. The lowest BCUT2D eigenvalue weighted by Gasteiger charge is -2.05. The Morgan fingerprint density at radius 1 is 1.00 bits per heavy atom. The minimum Gasteiger partial charge on any atom is -0.494 e. The summed E-state index contributed by atoms with van der Waals surface area (Å²) in [6, 6.07) is 17.2. The van der Waals surface area contributed by atoms with Crippen molar-refractivity contribution in [3.05, 3.63) is 59.7 Å². The predicted molar refractivity (Wildman–Crippen MR) is 94.5 cm³/mol. The van der Waals surface area contributed by atoms with Crippen molar-refractivity contribution in [3.8, 4) is 11.8 Å². The zero-order chi connectivity index (χ0) is 16.3. The number of nitrogens with zero attached hydrogens (tertiary/aromatic N) is 2. The number of ether oxygens (including phenoxy) is 1. The summed E-state index contributed by atoms with van der Waals surface area (Å²) in [5.74, 6) is 0.900. The van der Waals surface area contributed by atoms with E-state index in [2.05, 4.69) is 18.0 Å². The Kier molecular flexibility index (Phi) is 6.87. The SMILES string of the molecule is CCCCCCOc1ccc(/C=N/c2ccc(C#N)cc2)cc1. The summed E-state index contributed by atoms with van der Waals surface area (Å²) in [7, 11) is 0.